The Morgan fingerprint density at radius 2 is 2.04 bits per heavy atom. The van der Waals surface area contributed by atoms with Crippen LogP contribution in [0.1, 0.15) is 42.7 Å². The number of benzene rings is 1. The SMILES string of the molecule is CCc1nc(CN2CCN(C(C)=O)C[C@@H]2c2ccccc2)c(C)[nH]1. The number of hydrogen-bond acceptors (Lipinski definition) is 3. The number of rotatable bonds is 4. The predicted octanol–water partition coefficient (Wildman–Crippen LogP) is 2.69. The van der Waals surface area contributed by atoms with Crippen molar-refractivity contribution in [2.75, 3.05) is 19.6 Å². The van der Waals surface area contributed by atoms with Gasteiger partial charge in [0.25, 0.3) is 0 Å². The molecule has 1 aromatic heterocycles. The normalized spacial score (nSPS) is 18.8. The Kier molecular flexibility index (Phi) is 5.00. The molecule has 0 radical (unpaired) electrons. The van der Waals surface area contributed by atoms with E-state index in [-0.39, 0.29) is 11.9 Å². The van der Waals surface area contributed by atoms with Gasteiger partial charge in [-0.1, -0.05) is 37.3 Å². The van der Waals surface area contributed by atoms with E-state index in [9.17, 15) is 4.79 Å². The van der Waals surface area contributed by atoms with Gasteiger partial charge < -0.3 is 9.88 Å². The Balaban J connectivity index is 1.84. The standard InChI is InChI=1S/C19H26N4O/c1-4-19-20-14(2)17(21-19)12-23-11-10-22(15(3)24)13-18(23)16-8-6-5-7-9-16/h5-9,18H,4,10-13H2,1-3H3,(H,20,21)/t18-/m1/s1. The molecule has 1 amide bonds. The summed E-state index contributed by atoms with van der Waals surface area (Å²) in [7, 11) is 0. The summed E-state index contributed by atoms with van der Waals surface area (Å²) < 4.78 is 0. The summed E-state index contributed by atoms with van der Waals surface area (Å²) in [5.41, 5.74) is 3.52. The molecule has 128 valence electrons. The van der Waals surface area contributed by atoms with Crippen LogP contribution in [0, 0.1) is 6.92 Å². The largest absolute Gasteiger partial charge is 0.346 e. The third kappa shape index (κ3) is 3.51. The van der Waals surface area contributed by atoms with Crippen LogP contribution < -0.4 is 0 Å². The molecule has 1 N–H and O–H groups in total. The highest BCUT2D eigenvalue weighted by Gasteiger charge is 2.30. The van der Waals surface area contributed by atoms with Gasteiger partial charge in [0.2, 0.25) is 5.91 Å². The van der Waals surface area contributed by atoms with E-state index in [2.05, 4.69) is 48.0 Å². The fourth-order valence-corrected chi connectivity index (χ4v) is 3.36. The van der Waals surface area contributed by atoms with Crippen molar-refractivity contribution in [3.8, 4) is 0 Å². The second-order valence-electron chi connectivity index (χ2n) is 6.47. The monoisotopic (exact) mass is 326 g/mol. The van der Waals surface area contributed by atoms with Crippen molar-refractivity contribution in [3.63, 3.8) is 0 Å². The highest BCUT2D eigenvalue weighted by Crippen LogP contribution is 2.27. The van der Waals surface area contributed by atoms with Gasteiger partial charge in [-0.25, -0.2) is 4.98 Å². The molecule has 0 aliphatic carbocycles. The first kappa shape index (κ1) is 16.7. The molecule has 1 fully saturated rings. The van der Waals surface area contributed by atoms with Crippen LogP contribution in [0.25, 0.3) is 0 Å². The summed E-state index contributed by atoms with van der Waals surface area (Å²) in [6.45, 7) is 9.06. The number of hydrogen-bond donors (Lipinski definition) is 1. The lowest BCUT2D eigenvalue weighted by atomic mass is 10.0. The first-order valence-corrected chi connectivity index (χ1v) is 8.67. The Labute approximate surface area is 143 Å². The average molecular weight is 326 g/mol. The average Bonchev–Trinajstić information content (AvgIpc) is 2.96. The molecule has 2 heterocycles. The molecule has 0 unspecified atom stereocenters. The minimum absolute atomic E-state index is 0.153. The maximum absolute atomic E-state index is 11.8. The lowest BCUT2D eigenvalue weighted by molar-refractivity contribution is -0.132. The van der Waals surface area contributed by atoms with Gasteiger partial charge in [0.1, 0.15) is 5.82 Å². The molecule has 1 atom stereocenters. The van der Waals surface area contributed by atoms with E-state index >= 15 is 0 Å². The molecule has 1 aliphatic heterocycles. The highest BCUT2D eigenvalue weighted by atomic mass is 16.2. The Hall–Kier alpha value is -2.14. The van der Waals surface area contributed by atoms with Gasteiger partial charge in [-0.05, 0) is 12.5 Å². The van der Waals surface area contributed by atoms with Gasteiger partial charge in [0, 0.05) is 45.2 Å². The van der Waals surface area contributed by atoms with Crippen LogP contribution in [0.2, 0.25) is 0 Å². The van der Waals surface area contributed by atoms with E-state index < -0.39 is 0 Å². The molecular formula is C19H26N4O. The van der Waals surface area contributed by atoms with E-state index in [0.29, 0.717) is 0 Å². The summed E-state index contributed by atoms with van der Waals surface area (Å²) in [5.74, 6) is 1.20. The van der Waals surface area contributed by atoms with E-state index in [1.807, 2.05) is 11.0 Å². The number of aryl methyl sites for hydroxylation is 2. The van der Waals surface area contributed by atoms with Crippen molar-refractivity contribution in [1.29, 1.82) is 0 Å². The van der Waals surface area contributed by atoms with Crippen LogP contribution in [-0.2, 0) is 17.8 Å². The number of H-pyrrole nitrogens is 1. The van der Waals surface area contributed by atoms with Gasteiger partial charge in [-0.3, -0.25) is 9.69 Å². The molecule has 1 saturated heterocycles. The number of aromatic nitrogens is 2. The Bertz CT molecular complexity index is 695. The number of aromatic amines is 1. The molecule has 2 aromatic rings. The lowest BCUT2D eigenvalue weighted by Gasteiger charge is -2.41. The van der Waals surface area contributed by atoms with Gasteiger partial charge in [-0.15, -0.1) is 0 Å². The van der Waals surface area contributed by atoms with Gasteiger partial charge in [-0.2, -0.15) is 0 Å². The van der Waals surface area contributed by atoms with E-state index in [1.165, 1.54) is 5.56 Å². The minimum atomic E-state index is 0.153. The van der Waals surface area contributed by atoms with Crippen molar-refractivity contribution in [2.24, 2.45) is 0 Å². The fourth-order valence-electron chi connectivity index (χ4n) is 3.36. The van der Waals surface area contributed by atoms with Crippen molar-refractivity contribution < 1.29 is 4.79 Å². The molecule has 1 aliphatic rings. The Morgan fingerprint density at radius 3 is 2.67 bits per heavy atom. The van der Waals surface area contributed by atoms with Crippen LogP contribution in [0.15, 0.2) is 30.3 Å². The first-order valence-electron chi connectivity index (χ1n) is 8.67. The minimum Gasteiger partial charge on any atom is -0.346 e. The van der Waals surface area contributed by atoms with Crippen molar-refractivity contribution >= 4 is 5.91 Å². The number of imidazole rings is 1. The molecule has 0 saturated carbocycles. The zero-order valence-electron chi connectivity index (χ0n) is 14.7. The first-order chi connectivity index (χ1) is 11.6. The highest BCUT2D eigenvalue weighted by molar-refractivity contribution is 5.73. The summed E-state index contributed by atoms with van der Waals surface area (Å²) in [4.78, 5) is 24.3. The van der Waals surface area contributed by atoms with Crippen molar-refractivity contribution in [1.82, 2.24) is 19.8 Å². The smallest absolute Gasteiger partial charge is 0.219 e. The molecule has 3 rings (SSSR count). The number of carbonyl (C=O) groups excluding carboxylic acids is 1. The van der Waals surface area contributed by atoms with Crippen LogP contribution in [0.5, 0.6) is 0 Å². The zero-order chi connectivity index (χ0) is 17.1. The van der Waals surface area contributed by atoms with Gasteiger partial charge >= 0.3 is 0 Å². The topological polar surface area (TPSA) is 52.2 Å². The maximum atomic E-state index is 11.8. The van der Waals surface area contributed by atoms with Gasteiger partial charge in [0.15, 0.2) is 0 Å². The third-order valence-electron chi connectivity index (χ3n) is 4.84. The molecule has 0 bridgehead atoms. The number of amides is 1. The number of piperazine rings is 1. The number of carbonyl (C=O) groups is 1. The number of nitrogens with one attached hydrogen (secondary N) is 1. The number of nitrogens with zero attached hydrogens (tertiary/aromatic N) is 3. The molecule has 5 heteroatoms. The maximum Gasteiger partial charge on any atom is 0.219 e. The van der Waals surface area contributed by atoms with Crippen LogP contribution in [0.4, 0.5) is 0 Å². The summed E-state index contributed by atoms with van der Waals surface area (Å²) in [5, 5.41) is 0. The lowest BCUT2D eigenvalue weighted by Crippen LogP contribution is -2.49. The second-order valence-corrected chi connectivity index (χ2v) is 6.47. The van der Waals surface area contributed by atoms with Crippen molar-refractivity contribution in [2.45, 2.75) is 39.8 Å². The molecule has 5 nitrogen and oxygen atoms in total. The summed E-state index contributed by atoms with van der Waals surface area (Å²) >= 11 is 0. The van der Waals surface area contributed by atoms with Crippen LogP contribution in [-0.4, -0.2) is 45.3 Å². The molecular weight excluding hydrogens is 300 g/mol. The van der Waals surface area contributed by atoms with E-state index in [4.69, 9.17) is 4.98 Å². The zero-order valence-corrected chi connectivity index (χ0v) is 14.7. The van der Waals surface area contributed by atoms with E-state index in [1.54, 1.807) is 6.92 Å². The van der Waals surface area contributed by atoms with Crippen molar-refractivity contribution in [3.05, 3.63) is 53.1 Å². The molecule has 24 heavy (non-hydrogen) atoms. The molecule has 1 aromatic carbocycles. The summed E-state index contributed by atoms with van der Waals surface area (Å²) in [6, 6.07) is 10.7. The quantitative estimate of drug-likeness (QED) is 0.940. The van der Waals surface area contributed by atoms with Gasteiger partial charge in [0.05, 0.1) is 11.7 Å². The van der Waals surface area contributed by atoms with Crippen LogP contribution >= 0.6 is 0 Å². The fraction of sp³-hybridized carbons (Fsp3) is 0.474. The van der Waals surface area contributed by atoms with Crippen LogP contribution in [0.3, 0.4) is 0 Å². The third-order valence-corrected chi connectivity index (χ3v) is 4.84. The molecule has 0 spiro atoms. The second kappa shape index (κ2) is 7.18. The summed E-state index contributed by atoms with van der Waals surface area (Å²) in [6.07, 6.45) is 0.918. The van der Waals surface area contributed by atoms with E-state index in [0.717, 1.165) is 49.8 Å². The Morgan fingerprint density at radius 1 is 1.29 bits per heavy atom. The predicted molar refractivity (Wildman–Crippen MR) is 94.5 cm³/mol.